The zero-order valence-electron chi connectivity index (χ0n) is 11.6. The van der Waals surface area contributed by atoms with Gasteiger partial charge in [-0.2, -0.15) is 4.98 Å². The van der Waals surface area contributed by atoms with Crippen molar-refractivity contribution in [1.29, 1.82) is 0 Å². The Kier molecular flexibility index (Phi) is 5.14. The monoisotopic (exact) mass is 328 g/mol. The van der Waals surface area contributed by atoms with E-state index >= 15 is 0 Å². The van der Waals surface area contributed by atoms with Gasteiger partial charge in [0, 0.05) is 17.3 Å². The first-order valence-electron chi connectivity index (χ1n) is 6.05. The molecule has 2 rings (SSSR count). The van der Waals surface area contributed by atoms with Gasteiger partial charge in [-0.05, 0) is 19.9 Å². The van der Waals surface area contributed by atoms with E-state index in [0.717, 1.165) is 0 Å². The number of nitrogens with two attached hydrogens (primary N) is 2. The van der Waals surface area contributed by atoms with Crippen LogP contribution < -0.4 is 11.5 Å². The highest BCUT2D eigenvalue weighted by molar-refractivity contribution is 7.92. The summed E-state index contributed by atoms with van der Waals surface area (Å²) in [5, 5.41) is -0.528. The highest BCUT2D eigenvalue weighted by Crippen LogP contribution is 2.32. The normalized spacial score (nSPS) is 11.2. The van der Waals surface area contributed by atoms with Gasteiger partial charge in [-0.3, -0.25) is 0 Å². The van der Waals surface area contributed by atoms with Crippen LogP contribution in [0.1, 0.15) is 13.8 Å². The zero-order chi connectivity index (χ0) is 14.9. The maximum atomic E-state index is 12.4. The molecule has 0 aliphatic heterocycles. The fourth-order valence-corrected chi connectivity index (χ4v) is 3.07. The van der Waals surface area contributed by atoms with Crippen molar-refractivity contribution in [1.82, 2.24) is 9.97 Å². The van der Waals surface area contributed by atoms with E-state index in [-0.39, 0.29) is 29.1 Å². The third-order valence-corrected chi connectivity index (χ3v) is 5.15. The summed E-state index contributed by atoms with van der Waals surface area (Å²) >= 11 is 0. The maximum Gasteiger partial charge on any atom is 0.221 e. The van der Waals surface area contributed by atoms with Crippen LogP contribution in [0.2, 0.25) is 0 Å². The molecule has 0 atom stereocenters. The molecular weight excluding hydrogens is 312 g/mol. The molecule has 0 aliphatic rings. The van der Waals surface area contributed by atoms with Crippen molar-refractivity contribution in [2.45, 2.75) is 24.0 Å². The molecule has 114 valence electrons. The molecule has 0 radical (unpaired) electrons. The quantitative estimate of drug-likeness (QED) is 0.890. The zero-order valence-corrected chi connectivity index (χ0v) is 13.3. The minimum Gasteiger partial charge on any atom is -0.383 e. The second kappa shape index (κ2) is 6.28. The van der Waals surface area contributed by atoms with Crippen molar-refractivity contribution >= 4 is 34.0 Å². The Morgan fingerprint density at radius 2 is 1.71 bits per heavy atom. The lowest BCUT2D eigenvalue weighted by molar-refractivity contribution is 0.587. The first-order valence-corrected chi connectivity index (χ1v) is 7.60. The number of anilines is 2. The number of hydrogen-bond donors (Lipinski definition) is 2. The Labute approximate surface area is 129 Å². The molecule has 0 aliphatic carbocycles. The number of benzene rings is 1. The lowest BCUT2D eigenvalue weighted by atomic mass is 10.1. The Bertz CT molecular complexity index is 748. The van der Waals surface area contributed by atoms with Gasteiger partial charge in [-0.25, -0.2) is 13.4 Å². The maximum absolute atomic E-state index is 12.4. The molecule has 0 amide bonds. The molecule has 4 N–H and O–H groups in total. The van der Waals surface area contributed by atoms with E-state index < -0.39 is 15.1 Å². The second-order valence-electron chi connectivity index (χ2n) is 4.62. The van der Waals surface area contributed by atoms with Crippen LogP contribution in [-0.4, -0.2) is 23.6 Å². The van der Waals surface area contributed by atoms with Crippen molar-refractivity contribution in [3.05, 3.63) is 30.5 Å². The van der Waals surface area contributed by atoms with E-state index in [2.05, 4.69) is 9.97 Å². The highest BCUT2D eigenvalue weighted by Gasteiger charge is 2.24. The summed E-state index contributed by atoms with van der Waals surface area (Å²) in [6.45, 7) is 3.27. The smallest absolute Gasteiger partial charge is 0.221 e. The third kappa shape index (κ3) is 3.25. The van der Waals surface area contributed by atoms with Crippen LogP contribution in [0.15, 0.2) is 35.4 Å². The predicted molar refractivity (Wildman–Crippen MR) is 85.9 cm³/mol. The van der Waals surface area contributed by atoms with E-state index in [1.54, 1.807) is 38.1 Å². The number of aromatic nitrogens is 2. The van der Waals surface area contributed by atoms with E-state index in [1.807, 2.05) is 0 Å². The van der Waals surface area contributed by atoms with Crippen LogP contribution in [-0.2, 0) is 9.84 Å². The Morgan fingerprint density at radius 3 is 2.29 bits per heavy atom. The van der Waals surface area contributed by atoms with Crippen LogP contribution in [0.4, 0.5) is 11.8 Å². The van der Waals surface area contributed by atoms with Crippen molar-refractivity contribution in [3.63, 3.8) is 0 Å². The molecule has 1 heterocycles. The number of nitrogens with zero attached hydrogens (tertiary/aromatic N) is 2. The van der Waals surface area contributed by atoms with E-state index in [1.165, 1.54) is 6.20 Å². The molecule has 0 unspecified atom stereocenters. The number of sulfone groups is 1. The molecule has 1 aromatic carbocycles. The fraction of sp³-hybridized carbons (Fsp3) is 0.231. The van der Waals surface area contributed by atoms with Gasteiger partial charge in [0.1, 0.15) is 5.82 Å². The van der Waals surface area contributed by atoms with Gasteiger partial charge in [-0.1, -0.05) is 18.2 Å². The van der Waals surface area contributed by atoms with Crippen molar-refractivity contribution in [2.24, 2.45) is 0 Å². The van der Waals surface area contributed by atoms with Crippen LogP contribution in [0, 0.1) is 0 Å². The van der Waals surface area contributed by atoms with E-state index in [0.29, 0.717) is 11.1 Å². The summed E-state index contributed by atoms with van der Waals surface area (Å²) < 4.78 is 24.8. The van der Waals surface area contributed by atoms with Gasteiger partial charge in [0.15, 0.2) is 9.84 Å². The highest BCUT2D eigenvalue weighted by atomic mass is 35.5. The van der Waals surface area contributed by atoms with Gasteiger partial charge in [-0.15, -0.1) is 12.4 Å². The van der Waals surface area contributed by atoms with Gasteiger partial charge in [0.25, 0.3) is 0 Å². The molecule has 6 nitrogen and oxygen atoms in total. The second-order valence-corrected chi connectivity index (χ2v) is 7.09. The SMILES string of the molecule is CC(C)S(=O)(=O)c1ccccc1-c1cnc(N)nc1N.Cl. The molecule has 1 aromatic heterocycles. The minimum absolute atomic E-state index is 0. The fourth-order valence-electron chi connectivity index (χ4n) is 1.81. The van der Waals surface area contributed by atoms with E-state index in [9.17, 15) is 8.42 Å². The number of nitrogen functional groups attached to an aromatic ring is 2. The van der Waals surface area contributed by atoms with E-state index in [4.69, 9.17) is 11.5 Å². The summed E-state index contributed by atoms with van der Waals surface area (Å²) in [6, 6.07) is 6.65. The summed E-state index contributed by atoms with van der Waals surface area (Å²) in [4.78, 5) is 7.96. The van der Waals surface area contributed by atoms with Gasteiger partial charge < -0.3 is 11.5 Å². The summed E-state index contributed by atoms with van der Waals surface area (Å²) in [5.41, 5.74) is 12.2. The van der Waals surface area contributed by atoms with Crippen LogP contribution in [0.25, 0.3) is 11.1 Å². The largest absolute Gasteiger partial charge is 0.383 e. The van der Waals surface area contributed by atoms with Crippen molar-refractivity contribution < 1.29 is 8.42 Å². The minimum atomic E-state index is -3.42. The number of hydrogen-bond acceptors (Lipinski definition) is 6. The molecule has 0 spiro atoms. The first-order chi connectivity index (χ1) is 9.34. The third-order valence-electron chi connectivity index (χ3n) is 2.94. The number of halogens is 1. The first kappa shape index (κ1) is 17.2. The molecule has 21 heavy (non-hydrogen) atoms. The van der Waals surface area contributed by atoms with Gasteiger partial charge in [0.2, 0.25) is 5.95 Å². The standard InChI is InChI=1S/C13H16N4O2S.ClH/c1-8(2)20(18,19)11-6-4-3-5-9(11)10-7-16-13(15)17-12(10)14;/h3-8H,1-2H3,(H4,14,15,16,17);1H. The Hall–Kier alpha value is -1.86. The lowest BCUT2D eigenvalue weighted by Crippen LogP contribution is -2.15. The average Bonchev–Trinajstić information content (AvgIpc) is 2.38. The molecule has 2 aromatic rings. The van der Waals surface area contributed by atoms with Crippen LogP contribution >= 0.6 is 12.4 Å². The summed E-state index contributed by atoms with van der Waals surface area (Å²) in [6.07, 6.45) is 1.44. The summed E-state index contributed by atoms with van der Waals surface area (Å²) in [7, 11) is -3.42. The lowest BCUT2D eigenvalue weighted by Gasteiger charge is -2.13. The Morgan fingerprint density at radius 1 is 1.10 bits per heavy atom. The van der Waals surface area contributed by atoms with Gasteiger partial charge in [0.05, 0.1) is 10.1 Å². The molecule has 0 saturated heterocycles. The van der Waals surface area contributed by atoms with Crippen molar-refractivity contribution in [2.75, 3.05) is 11.5 Å². The van der Waals surface area contributed by atoms with Crippen molar-refractivity contribution in [3.8, 4) is 11.1 Å². The topological polar surface area (TPSA) is 112 Å². The molecule has 0 fully saturated rings. The Balaban J connectivity index is 0.00000220. The molecule has 0 saturated carbocycles. The van der Waals surface area contributed by atoms with Gasteiger partial charge >= 0.3 is 0 Å². The van der Waals surface area contributed by atoms with Crippen LogP contribution in [0.3, 0.4) is 0 Å². The molecular formula is C13H17ClN4O2S. The predicted octanol–water partition coefficient (Wildman–Crippen LogP) is 1.91. The molecule has 8 heteroatoms. The molecule has 0 bridgehead atoms. The number of rotatable bonds is 3. The van der Waals surface area contributed by atoms with Crippen LogP contribution in [0.5, 0.6) is 0 Å². The average molecular weight is 329 g/mol. The summed E-state index contributed by atoms with van der Waals surface area (Å²) in [5.74, 6) is 0.208.